The molecule has 0 radical (unpaired) electrons. The van der Waals surface area contributed by atoms with E-state index in [-0.39, 0.29) is 1.43 Å². The minimum Gasteiger partial charge on any atom is -0.367 e. The summed E-state index contributed by atoms with van der Waals surface area (Å²) in [5.74, 6) is 2.37. The average molecular weight is 470 g/mol. The van der Waals surface area contributed by atoms with Crippen LogP contribution in [-0.4, -0.2) is 39.5 Å². The Hall–Kier alpha value is -3.66. The molecular weight excluding hydrogens is 434 g/mol. The van der Waals surface area contributed by atoms with Crippen molar-refractivity contribution in [2.75, 3.05) is 24.3 Å². The van der Waals surface area contributed by atoms with Crippen molar-refractivity contribution in [3.05, 3.63) is 59.0 Å². The molecule has 0 saturated heterocycles. The summed E-state index contributed by atoms with van der Waals surface area (Å²) in [6.07, 6.45) is 14.6. The Morgan fingerprint density at radius 3 is 2.89 bits per heavy atom. The highest BCUT2D eigenvalue weighted by Crippen LogP contribution is 2.37. The van der Waals surface area contributed by atoms with E-state index >= 15 is 0 Å². The number of pyridine rings is 1. The van der Waals surface area contributed by atoms with Crippen molar-refractivity contribution < 1.29 is 1.43 Å². The number of nitriles is 1. The lowest BCUT2D eigenvalue weighted by atomic mass is 9.99. The number of hydrogen-bond acceptors (Lipinski definition) is 6. The number of nitrogens with zero attached hydrogens (tertiary/aromatic N) is 6. The number of aryl methyl sites for hydroxylation is 1. The zero-order valence-electron chi connectivity index (χ0n) is 20.9. The van der Waals surface area contributed by atoms with Crippen molar-refractivity contribution in [1.29, 1.82) is 5.26 Å². The molecular formula is C28H35N7. The lowest BCUT2D eigenvalue weighted by Gasteiger charge is -2.19. The molecule has 5 rings (SSSR count). The lowest BCUT2D eigenvalue weighted by Crippen LogP contribution is -2.20. The molecule has 0 spiro atoms. The molecule has 0 aromatic carbocycles. The predicted molar refractivity (Wildman–Crippen MR) is 142 cm³/mol. The second-order valence-electron chi connectivity index (χ2n) is 9.96. The summed E-state index contributed by atoms with van der Waals surface area (Å²) in [6, 6.07) is 8.79. The third kappa shape index (κ3) is 5.37. The molecule has 182 valence electrons. The van der Waals surface area contributed by atoms with Crippen LogP contribution in [0.15, 0.2) is 53.4 Å². The van der Waals surface area contributed by atoms with Gasteiger partial charge in [-0.2, -0.15) is 5.26 Å². The smallest absolute Gasteiger partial charge is 0.182 e. The van der Waals surface area contributed by atoms with Gasteiger partial charge in [-0.25, -0.2) is 15.0 Å². The highest BCUT2D eigenvalue weighted by atomic mass is 15.2. The molecule has 35 heavy (non-hydrogen) atoms. The van der Waals surface area contributed by atoms with Gasteiger partial charge in [0.25, 0.3) is 0 Å². The quantitative estimate of drug-likeness (QED) is 0.422. The molecule has 1 fully saturated rings. The number of nitrogens with one attached hydrogen (secondary N) is 1. The predicted octanol–water partition coefficient (Wildman–Crippen LogP) is 6.09. The standard InChI is InChI=1S/C28H33N7.H2/c1-19-7-12-26-30-17-24(35(26)18-19)28-32-25(16-27(33-28)34(2)3)31-23-6-4-5-20(8-11-23)15-22(13-14-29)21-9-10-21;/h7-8,12,16-18,23H,4-6,9-11,13,15H2,1-3H3,(H,31,32,33);1H/t23-;/m1./s1. The van der Waals surface area contributed by atoms with Crippen molar-refractivity contribution in [3.63, 3.8) is 0 Å². The zero-order valence-corrected chi connectivity index (χ0v) is 20.9. The zero-order chi connectivity index (χ0) is 24.4. The summed E-state index contributed by atoms with van der Waals surface area (Å²) in [7, 11) is 4.00. The van der Waals surface area contributed by atoms with E-state index in [4.69, 9.17) is 9.97 Å². The van der Waals surface area contributed by atoms with Crippen LogP contribution in [0.3, 0.4) is 0 Å². The Morgan fingerprint density at radius 1 is 1.26 bits per heavy atom. The van der Waals surface area contributed by atoms with Gasteiger partial charge >= 0.3 is 0 Å². The average Bonchev–Trinajstić information content (AvgIpc) is 3.63. The van der Waals surface area contributed by atoms with Crippen LogP contribution in [-0.2, 0) is 0 Å². The van der Waals surface area contributed by atoms with Gasteiger partial charge in [0, 0.05) is 33.8 Å². The first-order valence-corrected chi connectivity index (χ1v) is 12.5. The Balaban J connectivity index is 0.00000304. The minimum atomic E-state index is 0. The molecule has 2 aliphatic carbocycles. The highest BCUT2D eigenvalue weighted by molar-refractivity contribution is 5.62. The maximum absolute atomic E-state index is 9.19. The Bertz CT molecular complexity index is 1340. The van der Waals surface area contributed by atoms with Crippen molar-refractivity contribution in [2.45, 2.75) is 64.3 Å². The first kappa shape index (κ1) is 23.1. The number of fused-ring (bicyclic) bond motifs is 1. The van der Waals surface area contributed by atoms with E-state index in [1.54, 1.807) is 0 Å². The van der Waals surface area contributed by atoms with Crippen molar-refractivity contribution in [3.8, 4) is 17.6 Å². The molecule has 0 amide bonds. The molecule has 0 unspecified atom stereocenters. The topological polar surface area (TPSA) is 82.1 Å². The maximum atomic E-state index is 9.19. The van der Waals surface area contributed by atoms with Crippen LogP contribution in [0.1, 0.15) is 58.4 Å². The number of allylic oxidation sites excluding steroid dienone is 3. The van der Waals surface area contributed by atoms with Gasteiger partial charge in [-0.15, -0.1) is 0 Å². The SMILES string of the molecule is Cc1ccc2ncc(-c3nc(N[C@H]4CC=C(CC(CC#N)=C5CC5)CCC4)cc(N(C)C)n3)n2c1.[HH]. The van der Waals surface area contributed by atoms with Crippen LogP contribution in [0.4, 0.5) is 11.6 Å². The van der Waals surface area contributed by atoms with Gasteiger partial charge in [0.15, 0.2) is 5.82 Å². The number of rotatable bonds is 7. The van der Waals surface area contributed by atoms with Crippen LogP contribution >= 0.6 is 0 Å². The summed E-state index contributed by atoms with van der Waals surface area (Å²) < 4.78 is 2.06. The minimum absolute atomic E-state index is 0. The van der Waals surface area contributed by atoms with Gasteiger partial charge < -0.3 is 10.2 Å². The molecule has 7 nitrogen and oxygen atoms in total. The van der Waals surface area contributed by atoms with Gasteiger partial charge in [-0.3, -0.25) is 4.40 Å². The first-order valence-electron chi connectivity index (χ1n) is 12.5. The maximum Gasteiger partial charge on any atom is 0.182 e. The monoisotopic (exact) mass is 469 g/mol. The summed E-state index contributed by atoms with van der Waals surface area (Å²) in [4.78, 5) is 16.3. The fourth-order valence-corrected chi connectivity index (χ4v) is 4.81. The van der Waals surface area contributed by atoms with E-state index in [0.717, 1.165) is 60.6 Å². The Kier molecular flexibility index (Phi) is 6.54. The van der Waals surface area contributed by atoms with Gasteiger partial charge in [0.1, 0.15) is 23.0 Å². The molecule has 1 saturated carbocycles. The Labute approximate surface area is 208 Å². The molecule has 0 bridgehead atoms. The first-order chi connectivity index (χ1) is 17.0. The largest absolute Gasteiger partial charge is 0.367 e. The van der Waals surface area contributed by atoms with Crippen LogP contribution in [0.5, 0.6) is 0 Å². The van der Waals surface area contributed by atoms with Crippen LogP contribution in [0.2, 0.25) is 0 Å². The third-order valence-electron chi connectivity index (χ3n) is 6.88. The van der Waals surface area contributed by atoms with E-state index in [1.807, 2.05) is 37.3 Å². The number of aromatic nitrogens is 4. The second kappa shape index (κ2) is 9.91. The fourth-order valence-electron chi connectivity index (χ4n) is 4.81. The summed E-state index contributed by atoms with van der Waals surface area (Å²) in [5.41, 5.74) is 7.30. The van der Waals surface area contributed by atoms with Gasteiger partial charge in [0.05, 0.1) is 18.7 Å². The van der Waals surface area contributed by atoms with Gasteiger partial charge in [-0.1, -0.05) is 28.9 Å². The van der Waals surface area contributed by atoms with Crippen LogP contribution < -0.4 is 10.2 Å². The van der Waals surface area contributed by atoms with Crippen molar-refractivity contribution in [1.82, 2.24) is 19.4 Å². The normalized spacial score (nSPS) is 17.5. The van der Waals surface area contributed by atoms with Crippen LogP contribution in [0.25, 0.3) is 17.2 Å². The molecule has 2 aliphatic rings. The highest BCUT2D eigenvalue weighted by Gasteiger charge is 2.20. The van der Waals surface area contributed by atoms with Crippen molar-refractivity contribution in [2.24, 2.45) is 0 Å². The van der Waals surface area contributed by atoms with E-state index in [1.165, 1.54) is 29.6 Å². The molecule has 3 aromatic rings. The van der Waals surface area contributed by atoms with Crippen LogP contribution in [0, 0.1) is 18.3 Å². The van der Waals surface area contributed by atoms with Gasteiger partial charge in [-0.05, 0) is 63.5 Å². The molecule has 1 atom stereocenters. The molecule has 0 aliphatic heterocycles. The molecule has 3 heterocycles. The fraction of sp³-hybridized carbons (Fsp3) is 0.429. The Morgan fingerprint density at radius 2 is 2.11 bits per heavy atom. The molecule has 7 heteroatoms. The number of imidazole rings is 1. The lowest BCUT2D eigenvalue weighted by molar-refractivity contribution is 0.636. The molecule has 1 N–H and O–H groups in total. The van der Waals surface area contributed by atoms with E-state index in [9.17, 15) is 5.26 Å². The summed E-state index contributed by atoms with van der Waals surface area (Å²) in [5, 5.41) is 12.9. The summed E-state index contributed by atoms with van der Waals surface area (Å²) >= 11 is 0. The van der Waals surface area contributed by atoms with E-state index in [0.29, 0.717) is 18.3 Å². The van der Waals surface area contributed by atoms with Crippen molar-refractivity contribution >= 4 is 17.3 Å². The van der Waals surface area contributed by atoms with E-state index in [2.05, 4.69) is 46.0 Å². The summed E-state index contributed by atoms with van der Waals surface area (Å²) in [6.45, 7) is 2.07. The number of anilines is 2. The molecule has 3 aromatic heterocycles. The van der Waals surface area contributed by atoms with Gasteiger partial charge in [0.2, 0.25) is 0 Å². The number of hydrogen-bond donors (Lipinski definition) is 1. The van der Waals surface area contributed by atoms with E-state index < -0.39 is 0 Å². The third-order valence-corrected chi connectivity index (χ3v) is 6.88. The second-order valence-corrected chi connectivity index (χ2v) is 9.96.